The van der Waals surface area contributed by atoms with Crippen molar-refractivity contribution in [2.45, 2.75) is 63.2 Å². The van der Waals surface area contributed by atoms with Crippen molar-refractivity contribution in [3.8, 4) is 0 Å². The summed E-state index contributed by atoms with van der Waals surface area (Å²) in [5, 5.41) is 17.7. The summed E-state index contributed by atoms with van der Waals surface area (Å²) in [6.07, 6.45) is 5.59. The van der Waals surface area contributed by atoms with Crippen LogP contribution in [0, 0.1) is 0 Å². The Morgan fingerprint density at radius 1 is 0.553 bits per heavy atom. The zero-order valence-corrected chi connectivity index (χ0v) is 21.5. The fourth-order valence-corrected chi connectivity index (χ4v) is 5.27. The molecular formula is C32H32N4O2. The van der Waals surface area contributed by atoms with Gasteiger partial charge in [0.25, 0.3) is 0 Å². The van der Waals surface area contributed by atoms with Gasteiger partial charge in [0.05, 0.1) is 35.6 Å². The summed E-state index contributed by atoms with van der Waals surface area (Å²) in [7, 11) is 0. The normalized spacial score (nSPS) is 17.2. The van der Waals surface area contributed by atoms with Gasteiger partial charge in [0, 0.05) is 24.7 Å². The first-order valence-electron chi connectivity index (χ1n) is 13.4. The first kappa shape index (κ1) is 25.6. The van der Waals surface area contributed by atoms with E-state index in [2.05, 4.69) is 20.4 Å². The number of rotatable bonds is 10. The Hall–Kier alpha value is -4.06. The molecule has 192 valence electrons. The molecule has 1 fully saturated rings. The highest BCUT2D eigenvalue weighted by Gasteiger charge is 2.27. The summed E-state index contributed by atoms with van der Waals surface area (Å²) < 4.78 is 0. The number of Topliss-reactive ketones (excluding diaryl/α,β-unsaturated/α-hetero) is 2. The van der Waals surface area contributed by atoms with Crippen molar-refractivity contribution in [2.75, 3.05) is 0 Å². The number of carbonyl (C=O) groups excluding carboxylic acids is 2. The van der Waals surface area contributed by atoms with Crippen molar-refractivity contribution in [2.24, 2.45) is 0 Å². The molecule has 1 aliphatic carbocycles. The van der Waals surface area contributed by atoms with Gasteiger partial charge >= 0.3 is 0 Å². The first-order chi connectivity index (χ1) is 18.6. The average molecular weight is 505 g/mol. The predicted octanol–water partition coefficient (Wildman–Crippen LogP) is 5.42. The van der Waals surface area contributed by atoms with Gasteiger partial charge in [-0.25, -0.2) is 0 Å². The van der Waals surface area contributed by atoms with Crippen LogP contribution in [0.3, 0.4) is 0 Å². The highest BCUT2D eigenvalue weighted by atomic mass is 16.1. The van der Waals surface area contributed by atoms with E-state index >= 15 is 0 Å². The van der Waals surface area contributed by atoms with E-state index in [1.807, 2.05) is 84.9 Å². The van der Waals surface area contributed by atoms with Crippen LogP contribution in [0.15, 0.2) is 84.9 Å². The second-order valence-corrected chi connectivity index (χ2v) is 10.2. The van der Waals surface area contributed by atoms with Gasteiger partial charge in [-0.3, -0.25) is 9.59 Å². The lowest BCUT2D eigenvalue weighted by molar-refractivity contribution is -0.118. The topological polar surface area (TPSA) is 85.7 Å². The van der Waals surface area contributed by atoms with Crippen LogP contribution in [0.1, 0.15) is 71.4 Å². The first-order valence-corrected chi connectivity index (χ1v) is 13.4. The summed E-state index contributed by atoms with van der Waals surface area (Å²) in [5.41, 5.74) is 5.42. The Labute approximate surface area is 223 Å². The van der Waals surface area contributed by atoms with Gasteiger partial charge in [-0.15, -0.1) is 0 Å². The quantitative estimate of drug-likeness (QED) is 0.287. The van der Waals surface area contributed by atoms with Gasteiger partial charge in [0.1, 0.15) is 11.6 Å². The van der Waals surface area contributed by atoms with Crippen molar-refractivity contribution in [1.82, 2.24) is 20.4 Å². The minimum absolute atomic E-state index is 0.139. The SMILES string of the molecule is O=C(Cc1ccccc1)Cc1ccc([C@@H]2CCC[C@H](c3ccc(CC(=O)Cc4ccccc4)nn3)C2)nn1. The Balaban J connectivity index is 1.14. The molecule has 38 heavy (non-hydrogen) atoms. The summed E-state index contributed by atoms with van der Waals surface area (Å²) in [4.78, 5) is 24.9. The molecule has 2 heterocycles. The number of carbonyl (C=O) groups is 2. The van der Waals surface area contributed by atoms with Crippen LogP contribution in [0.2, 0.25) is 0 Å². The van der Waals surface area contributed by atoms with Crippen molar-refractivity contribution in [1.29, 1.82) is 0 Å². The van der Waals surface area contributed by atoms with Crippen LogP contribution in [-0.4, -0.2) is 32.0 Å². The van der Waals surface area contributed by atoms with Crippen LogP contribution >= 0.6 is 0 Å². The molecule has 0 amide bonds. The number of aromatic nitrogens is 4. The van der Waals surface area contributed by atoms with Crippen molar-refractivity contribution >= 4 is 11.6 Å². The average Bonchev–Trinajstić information content (AvgIpc) is 2.95. The maximum Gasteiger partial charge on any atom is 0.143 e. The van der Waals surface area contributed by atoms with E-state index in [-0.39, 0.29) is 11.6 Å². The van der Waals surface area contributed by atoms with E-state index in [4.69, 9.17) is 0 Å². The second kappa shape index (κ2) is 12.5. The minimum atomic E-state index is 0.139. The fraction of sp³-hybridized carbons (Fsp3) is 0.312. The molecule has 4 aromatic rings. The molecule has 0 unspecified atom stereocenters. The van der Waals surface area contributed by atoms with Gasteiger partial charge in [0.15, 0.2) is 0 Å². The van der Waals surface area contributed by atoms with E-state index in [0.29, 0.717) is 48.9 Å². The van der Waals surface area contributed by atoms with Gasteiger partial charge < -0.3 is 0 Å². The Morgan fingerprint density at radius 2 is 1.00 bits per heavy atom. The van der Waals surface area contributed by atoms with Gasteiger partial charge in [-0.05, 0) is 54.7 Å². The zero-order valence-electron chi connectivity index (χ0n) is 21.5. The molecule has 2 atom stereocenters. The number of benzene rings is 2. The highest BCUT2D eigenvalue weighted by Crippen LogP contribution is 2.39. The lowest BCUT2D eigenvalue weighted by atomic mass is 9.78. The number of hydrogen-bond acceptors (Lipinski definition) is 6. The standard InChI is InChI=1S/C32H32N4O2/c37-29(18-23-8-3-1-4-9-23)21-27-14-16-31(35-33-27)25-12-7-13-26(20-25)32-17-15-28(34-36-32)22-30(38)19-24-10-5-2-6-11-24/h1-6,8-11,14-17,25-26H,7,12-13,18-22H2/t25-,26+. The molecule has 0 N–H and O–H groups in total. The maximum absolute atomic E-state index is 12.4. The molecule has 6 heteroatoms. The Morgan fingerprint density at radius 3 is 1.39 bits per heavy atom. The van der Waals surface area contributed by atoms with Gasteiger partial charge in [0.2, 0.25) is 0 Å². The van der Waals surface area contributed by atoms with Crippen LogP contribution in [0.5, 0.6) is 0 Å². The van der Waals surface area contributed by atoms with E-state index in [1.54, 1.807) is 0 Å². The van der Waals surface area contributed by atoms with E-state index in [1.165, 1.54) is 0 Å². The number of hydrogen-bond donors (Lipinski definition) is 0. The molecule has 0 spiro atoms. The van der Waals surface area contributed by atoms with Gasteiger partial charge in [-0.2, -0.15) is 20.4 Å². The molecule has 2 aromatic heterocycles. The minimum Gasteiger partial charge on any atom is -0.299 e. The zero-order chi connectivity index (χ0) is 26.2. The van der Waals surface area contributed by atoms with E-state index in [9.17, 15) is 9.59 Å². The molecule has 2 aromatic carbocycles. The molecule has 5 rings (SSSR count). The lowest BCUT2D eigenvalue weighted by Crippen LogP contribution is -2.17. The molecule has 0 aliphatic heterocycles. The molecule has 0 radical (unpaired) electrons. The van der Waals surface area contributed by atoms with Crippen molar-refractivity contribution in [3.63, 3.8) is 0 Å². The molecule has 1 saturated carbocycles. The Kier molecular flexibility index (Phi) is 8.39. The summed E-state index contributed by atoms with van der Waals surface area (Å²) in [5.74, 6) is 0.896. The fourth-order valence-electron chi connectivity index (χ4n) is 5.27. The maximum atomic E-state index is 12.4. The summed E-state index contributed by atoms with van der Waals surface area (Å²) >= 11 is 0. The third kappa shape index (κ3) is 7.03. The summed E-state index contributed by atoms with van der Waals surface area (Å²) in [6, 6.07) is 27.5. The number of ketones is 2. The smallest absolute Gasteiger partial charge is 0.143 e. The monoisotopic (exact) mass is 504 g/mol. The Bertz CT molecular complexity index is 1240. The summed E-state index contributed by atoms with van der Waals surface area (Å²) in [6.45, 7) is 0. The van der Waals surface area contributed by atoms with Gasteiger partial charge in [-0.1, -0.05) is 67.1 Å². The predicted molar refractivity (Wildman–Crippen MR) is 146 cm³/mol. The van der Waals surface area contributed by atoms with Crippen LogP contribution in [-0.2, 0) is 35.3 Å². The number of nitrogens with zero attached hydrogens (tertiary/aromatic N) is 4. The van der Waals surface area contributed by atoms with Crippen LogP contribution in [0.25, 0.3) is 0 Å². The van der Waals surface area contributed by atoms with E-state index in [0.717, 1.165) is 48.2 Å². The third-order valence-corrected chi connectivity index (χ3v) is 7.24. The molecule has 0 bridgehead atoms. The van der Waals surface area contributed by atoms with Crippen LogP contribution in [0.4, 0.5) is 0 Å². The van der Waals surface area contributed by atoms with Crippen LogP contribution < -0.4 is 0 Å². The second-order valence-electron chi connectivity index (χ2n) is 10.2. The molecule has 6 nitrogen and oxygen atoms in total. The van der Waals surface area contributed by atoms with Crippen molar-refractivity contribution < 1.29 is 9.59 Å². The highest BCUT2D eigenvalue weighted by molar-refractivity contribution is 5.83. The largest absolute Gasteiger partial charge is 0.299 e. The lowest BCUT2D eigenvalue weighted by Gasteiger charge is -2.28. The third-order valence-electron chi connectivity index (χ3n) is 7.24. The molecular weight excluding hydrogens is 472 g/mol. The van der Waals surface area contributed by atoms with Crippen molar-refractivity contribution in [3.05, 3.63) is 119 Å². The molecule has 0 saturated heterocycles. The van der Waals surface area contributed by atoms with E-state index < -0.39 is 0 Å². The molecule has 1 aliphatic rings.